The van der Waals surface area contributed by atoms with Crippen LogP contribution in [0.4, 0.5) is 0 Å². The van der Waals surface area contributed by atoms with Crippen molar-refractivity contribution >= 4 is 46.8 Å². The minimum atomic E-state index is -0.548. The molecule has 4 nitrogen and oxygen atoms in total. The molecule has 0 saturated heterocycles. The molecule has 2 aromatic rings. The molecule has 0 aliphatic carbocycles. The minimum absolute atomic E-state index is 0.0722. The molecule has 29 heavy (non-hydrogen) atoms. The van der Waals surface area contributed by atoms with Crippen molar-refractivity contribution in [2.24, 2.45) is 0 Å². The second-order valence-corrected chi connectivity index (χ2v) is 8.56. The van der Waals surface area contributed by atoms with Gasteiger partial charge in [-0.1, -0.05) is 53.5 Å². The van der Waals surface area contributed by atoms with Crippen molar-refractivity contribution in [1.82, 2.24) is 10.2 Å². The van der Waals surface area contributed by atoms with Crippen molar-refractivity contribution in [3.8, 4) is 0 Å². The number of carbonyl (C=O) groups is 2. The average Bonchev–Trinajstić information content (AvgIpc) is 2.69. The molecule has 0 aliphatic rings. The molecule has 0 fully saturated rings. The molecule has 1 unspecified atom stereocenters. The van der Waals surface area contributed by atoms with Crippen LogP contribution in [0.1, 0.15) is 30.5 Å². The van der Waals surface area contributed by atoms with Crippen LogP contribution < -0.4 is 5.32 Å². The number of hydrogen-bond acceptors (Lipinski definition) is 3. The summed E-state index contributed by atoms with van der Waals surface area (Å²) >= 11 is 13.5. The van der Waals surface area contributed by atoms with Gasteiger partial charge >= 0.3 is 0 Å². The first kappa shape index (κ1) is 23.6. The third-order valence-corrected chi connectivity index (χ3v) is 6.33. The molecule has 0 heterocycles. The van der Waals surface area contributed by atoms with Gasteiger partial charge in [-0.05, 0) is 49.6 Å². The number of benzene rings is 2. The zero-order valence-electron chi connectivity index (χ0n) is 16.9. The first-order valence-corrected chi connectivity index (χ1v) is 11.4. The standard InChI is InChI=1S/C22H26Cl2N2O2S/c1-4-25-22(28)16(3)26(12-18-8-6-5-7-15(18)2)21(27)14-29-13-17-9-10-19(23)20(24)11-17/h5-11,16H,4,12-14H2,1-3H3,(H,25,28). The fraction of sp³-hybridized carbons (Fsp3) is 0.364. The molecule has 1 atom stereocenters. The van der Waals surface area contributed by atoms with Crippen LogP contribution >= 0.6 is 35.0 Å². The summed E-state index contributed by atoms with van der Waals surface area (Å²) in [5, 5.41) is 3.82. The number of thioether (sulfide) groups is 1. The van der Waals surface area contributed by atoms with Gasteiger partial charge < -0.3 is 10.2 Å². The predicted octanol–water partition coefficient (Wildman–Crippen LogP) is 5.09. The summed E-state index contributed by atoms with van der Waals surface area (Å²) < 4.78 is 0. The largest absolute Gasteiger partial charge is 0.355 e. The summed E-state index contributed by atoms with van der Waals surface area (Å²) in [5.74, 6) is 0.688. The number of halogens is 2. The molecule has 2 amide bonds. The van der Waals surface area contributed by atoms with Gasteiger partial charge in [0.05, 0.1) is 15.8 Å². The highest BCUT2D eigenvalue weighted by atomic mass is 35.5. The lowest BCUT2D eigenvalue weighted by atomic mass is 10.1. The van der Waals surface area contributed by atoms with Gasteiger partial charge in [-0.25, -0.2) is 0 Å². The van der Waals surface area contributed by atoms with E-state index in [1.807, 2.05) is 50.2 Å². The Bertz CT molecular complexity index is 860. The Morgan fingerprint density at radius 3 is 2.52 bits per heavy atom. The van der Waals surface area contributed by atoms with Crippen molar-refractivity contribution in [3.63, 3.8) is 0 Å². The molecule has 2 rings (SSSR count). The lowest BCUT2D eigenvalue weighted by Gasteiger charge is -2.29. The highest BCUT2D eigenvalue weighted by molar-refractivity contribution is 7.99. The van der Waals surface area contributed by atoms with E-state index >= 15 is 0 Å². The van der Waals surface area contributed by atoms with E-state index in [-0.39, 0.29) is 17.6 Å². The molecule has 2 aromatic carbocycles. The first-order valence-electron chi connectivity index (χ1n) is 9.46. The van der Waals surface area contributed by atoms with Crippen LogP contribution in [0.5, 0.6) is 0 Å². The maximum atomic E-state index is 13.0. The summed E-state index contributed by atoms with van der Waals surface area (Å²) in [6, 6.07) is 12.8. The van der Waals surface area contributed by atoms with E-state index in [0.717, 1.165) is 16.7 Å². The van der Waals surface area contributed by atoms with E-state index < -0.39 is 6.04 Å². The Labute approximate surface area is 187 Å². The van der Waals surface area contributed by atoms with Gasteiger partial charge in [0.1, 0.15) is 6.04 Å². The summed E-state index contributed by atoms with van der Waals surface area (Å²) in [6.07, 6.45) is 0. The van der Waals surface area contributed by atoms with Gasteiger partial charge in [-0.3, -0.25) is 9.59 Å². The highest BCUT2D eigenvalue weighted by Gasteiger charge is 2.26. The molecule has 7 heteroatoms. The Morgan fingerprint density at radius 1 is 1.14 bits per heavy atom. The SMILES string of the molecule is CCNC(=O)C(C)N(Cc1ccccc1C)C(=O)CSCc1ccc(Cl)c(Cl)c1. The maximum absolute atomic E-state index is 13.0. The van der Waals surface area contributed by atoms with Crippen LogP contribution in [0, 0.1) is 6.92 Å². The number of rotatable bonds is 9. The van der Waals surface area contributed by atoms with E-state index in [4.69, 9.17) is 23.2 Å². The zero-order chi connectivity index (χ0) is 21.4. The Balaban J connectivity index is 2.07. The van der Waals surface area contributed by atoms with Gasteiger partial charge in [0.25, 0.3) is 0 Å². The smallest absolute Gasteiger partial charge is 0.242 e. The van der Waals surface area contributed by atoms with Crippen molar-refractivity contribution < 1.29 is 9.59 Å². The Kier molecular flexibility index (Phi) is 9.34. The molecule has 0 aromatic heterocycles. The summed E-state index contributed by atoms with van der Waals surface area (Å²) in [4.78, 5) is 27.0. The number of nitrogens with zero attached hydrogens (tertiary/aromatic N) is 1. The minimum Gasteiger partial charge on any atom is -0.355 e. The normalized spacial score (nSPS) is 11.8. The fourth-order valence-corrected chi connectivity index (χ4v) is 4.02. The lowest BCUT2D eigenvalue weighted by Crippen LogP contribution is -2.48. The van der Waals surface area contributed by atoms with E-state index in [2.05, 4.69) is 5.32 Å². The molecule has 0 radical (unpaired) electrons. The van der Waals surface area contributed by atoms with Crippen LogP contribution in [-0.4, -0.2) is 35.1 Å². The number of nitrogens with one attached hydrogen (secondary N) is 1. The molecule has 1 N–H and O–H groups in total. The van der Waals surface area contributed by atoms with Crippen LogP contribution in [0.3, 0.4) is 0 Å². The maximum Gasteiger partial charge on any atom is 0.242 e. The summed E-state index contributed by atoms with van der Waals surface area (Å²) in [5.41, 5.74) is 3.13. The molecule has 0 bridgehead atoms. The second kappa shape index (κ2) is 11.5. The monoisotopic (exact) mass is 452 g/mol. The predicted molar refractivity (Wildman–Crippen MR) is 122 cm³/mol. The van der Waals surface area contributed by atoms with E-state index in [1.165, 1.54) is 11.8 Å². The van der Waals surface area contributed by atoms with Gasteiger partial charge in [-0.2, -0.15) is 0 Å². The first-order chi connectivity index (χ1) is 13.8. The van der Waals surface area contributed by atoms with Crippen molar-refractivity contribution in [3.05, 3.63) is 69.2 Å². The Hall–Kier alpha value is -1.69. The number of carbonyl (C=O) groups excluding carboxylic acids is 2. The van der Waals surface area contributed by atoms with Gasteiger partial charge in [0.15, 0.2) is 0 Å². The van der Waals surface area contributed by atoms with E-state index in [1.54, 1.807) is 17.9 Å². The topological polar surface area (TPSA) is 49.4 Å². The van der Waals surface area contributed by atoms with Crippen LogP contribution in [0.15, 0.2) is 42.5 Å². The third-order valence-electron chi connectivity index (χ3n) is 4.60. The van der Waals surface area contributed by atoms with Crippen LogP contribution in [0.25, 0.3) is 0 Å². The number of likely N-dealkylation sites (N-methyl/N-ethyl adjacent to an activating group) is 1. The number of hydrogen-bond donors (Lipinski definition) is 1. The summed E-state index contributed by atoms with van der Waals surface area (Å²) in [7, 11) is 0. The summed E-state index contributed by atoms with van der Waals surface area (Å²) in [6.45, 7) is 6.57. The highest BCUT2D eigenvalue weighted by Crippen LogP contribution is 2.25. The van der Waals surface area contributed by atoms with Crippen molar-refractivity contribution in [2.75, 3.05) is 12.3 Å². The molecule has 0 saturated carbocycles. The lowest BCUT2D eigenvalue weighted by molar-refractivity contribution is -0.138. The van der Waals surface area contributed by atoms with Crippen LogP contribution in [0.2, 0.25) is 10.0 Å². The average molecular weight is 453 g/mol. The number of aryl methyl sites for hydroxylation is 1. The van der Waals surface area contributed by atoms with Gasteiger partial charge in [0.2, 0.25) is 11.8 Å². The quantitative estimate of drug-likeness (QED) is 0.576. The second-order valence-electron chi connectivity index (χ2n) is 6.76. The van der Waals surface area contributed by atoms with E-state index in [0.29, 0.717) is 28.9 Å². The molecule has 156 valence electrons. The fourth-order valence-electron chi connectivity index (χ4n) is 2.84. The zero-order valence-corrected chi connectivity index (χ0v) is 19.2. The van der Waals surface area contributed by atoms with Crippen molar-refractivity contribution in [1.29, 1.82) is 0 Å². The number of amides is 2. The third kappa shape index (κ3) is 6.95. The molecular formula is C22H26Cl2N2O2S. The molecular weight excluding hydrogens is 427 g/mol. The molecule has 0 spiro atoms. The van der Waals surface area contributed by atoms with Gasteiger partial charge in [-0.15, -0.1) is 11.8 Å². The van der Waals surface area contributed by atoms with E-state index in [9.17, 15) is 9.59 Å². The van der Waals surface area contributed by atoms with Crippen molar-refractivity contribution in [2.45, 2.75) is 39.1 Å². The van der Waals surface area contributed by atoms with Crippen LogP contribution in [-0.2, 0) is 21.9 Å². The molecule has 0 aliphatic heterocycles. The van der Waals surface area contributed by atoms with Gasteiger partial charge in [0, 0.05) is 18.8 Å². The Morgan fingerprint density at radius 2 is 1.86 bits per heavy atom.